The lowest BCUT2D eigenvalue weighted by Crippen LogP contribution is -2.74. The first-order valence-electron chi connectivity index (χ1n) is 18.9. The van der Waals surface area contributed by atoms with Gasteiger partial charge in [-0.3, -0.25) is 24.0 Å². The second-order valence-electron chi connectivity index (χ2n) is 18.2. The Balaban J connectivity index is 1.32. The van der Waals surface area contributed by atoms with Crippen molar-refractivity contribution in [3.63, 3.8) is 0 Å². The Labute approximate surface area is 306 Å². The van der Waals surface area contributed by atoms with E-state index in [1.807, 2.05) is 13.8 Å². The van der Waals surface area contributed by atoms with Gasteiger partial charge in [-0.25, -0.2) is 4.79 Å². The van der Waals surface area contributed by atoms with Crippen LogP contribution in [0.15, 0.2) is 0 Å². The van der Waals surface area contributed by atoms with E-state index in [2.05, 4.69) is 0 Å². The highest BCUT2D eigenvalue weighted by molar-refractivity contribution is 5.88. The largest absolute Gasteiger partial charge is 0.461 e. The van der Waals surface area contributed by atoms with Gasteiger partial charge < -0.3 is 43.4 Å². The topological polar surface area (TPSA) is 214 Å². The van der Waals surface area contributed by atoms with Gasteiger partial charge in [0.15, 0.2) is 11.4 Å². The zero-order chi connectivity index (χ0) is 38.3. The van der Waals surface area contributed by atoms with E-state index in [9.17, 15) is 39.0 Å². The van der Waals surface area contributed by atoms with Crippen LogP contribution in [-0.2, 0) is 61.9 Å². The van der Waals surface area contributed by atoms with E-state index in [4.69, 9.17) is 33.2 Å². The first-order valence-corrected chi connectivity index (χ1v) is 18.9. The molecule has 3 saturated heterocycles. The first-order chi connectivity index (χ1) is 24.7. The summed E-state index contributed by atoms with van der Waals surface area (Å²) in [5, 5.41) is 24.6. The Hall–Kier alpha value is -3.14. The van der Waals surface area contributed by atoms with Gasteiger partial charge in [-0.1, -0.05) is 20.8 Å². The van der Waals surface area contributed by atoms with Crippen LogP contribution in [-0.4, -0.2) is 106 Å². The Kier molecular flexibility index (Phi) is 7.10. The molecule has 2 N–H and O–H groups in total. The van der Waals surface area contributed by atoms with Gasteiger partial charge in [0.2, 0.25) is 5.79 Å². The third kappa shape index (κ3) is 4.10. The molecule has 0 radical (unpaired) electrons. The molecule has 15 heteroatoms. The summed E-state index contributed by atoms with van der Waals surface area (Å²) >= 11 is 0. The van der Waals surface area contributed by atoms with E-state index in [0.717, 1.165) is 0 Å². The summed E-state index contributed by atoms with van der Waals surface area (Å²) in [4.78, 5) is 81.4. The summed E-state index contributed by atoms with van der Waals surface area (Å²) in [7, 11) is 0. The van der Waals surface area contributed by atoms with Crippen molar-refractivity contribution in [3.05, 3.63) is 0 Å². The Bertz CT molecular complexity index is 1740. The molecular weight excluding hydrogens is 696 g/mol. The van der Waals surface area contributed by atoms with E-state index < -0.39 is 154 Å². The van der Waals surface area contributed by atoms with Gasteiger partial charge in [-0.15, -0.1) is 0 Å². The highest BCUT2D eigenvalue weighted by Crippen LogP contribution is 2.81. The van der Waals surface area contributed by atoms with Gasteiger partial charge in [-0.05, 0) is 44.9 Å². The van der Waals surface area contributed by atoms with Gasteiger partial charge in [0.05, 0.1) is 17.4 Å². The fourth-order valence-electron chi connectivity index (χ4n) is 13.5. The molecule has 0 aromatic heterocycles. The minimum absolute atomic E-state index is 0.218. The number of rotatable bonds is 5. The number of carbonyl (C=O) groups is 6. The molecule has 20 atom stereocenters. The minimum atomic E-state index is -2.15. The predicted molar refractivity (Wildman–Crippen MR) is 172 cm³/mol. The number of aliphatic hydroxyl groups excluding tert-OH is 1. The molecule has 15 nitrogen and oxygen atoms in total. The summed E-state index contributed by atoms with van der Waals surface area (Å²) in [6, 6.07) is 0. The number of esters is 5. The van der Waals surface area contributed by atoms with E-state index in [1.165, 1.54) is 27.7 Å². The molecule has 1 spiro atoms. The van der Waals surface area contributed by atoms with Crippen molar-refractivity contribution in [1.82, 2.24) is 0 Å². The van der Waals surface area contributed by atoms with Crippen LogP contribution in [0.5, 0.6) is 0 Å². The number of ketones is 1. The summed E-state index contributed by atoms with van der Waals surface area (Å²) < 4.78 is 43.3. The van der Waals surface area contributed by atoms with Crippen LogP contribution in [0.2, 0.25) is 0 Å². The molecule has 0 unspecified atom stereocenters. The summed E-state index contributed by atoms with van der Waals surface area (Å²) in [5.41, 5.74) is -6.37. The van der Waals surface area contributed by atoms with Crippen molar-refractivity contribution < 1.29 is 72.1 Å². The Morgan fingerprint density at radius 2 is 1.40 bits per heavy atom. The van der Waals surface area contributed by atoms with Crippen LogP contribution in [0.4, 0.5) is 0 Å². The fraction of sp³-hybridized carbons (Fsp3) is 0.842. The molecule has 0 aromatic rings. The molecule has 290 valence electrons. The van der Waals surface area contributed by atoms with E-state index in [-0.39, 0.29) is 12.3 Å². The third-order valence-corrected chi connectivity index (χ3v) is 15.9. The molecule has 6 aliphatic carbocycles. The number of epoxide rings is 2. The minimum Gasteiger partial charge on any atom is -0.461 e. The van der Waals surface area contributed by atoms with Gasteiger partial charge in [0.1, 0.15) is 42.7 Å². The Morgan fingerprint density at radius 3 is 2.00 bits per heavy atom. The fourth-order valence-corrected chi connectivity index (χ4v) is 13.5. The van der Waals surface area contributed by atoms with E-state index >= 15 is 0 Å². The number of hydrogen-bond donors (Lipinski definition) is 2. The van der Waals surface area contributed by atoms with Crippen LogP contribution < -0.4 is 0 Å². The number of carbonyl (C=O) groups excluding carboxylic acids is 6. The number of hydrogen-bond acceptors (Lipinski definition) is 15. The standard InChI is InChI=1S/C38H48O15/c1-12-20-23(36(7)37(8,46)33(45)53-38(36)29(12)52-38)27(51-32(44)16-9-10-16)21-19-22(28(47-13(2)39)31(35(20,21)6)49-15(4)41)34(5)17(24(42)25(19)43)11-18-26(50-18)30(34)48-14(3)40/h12,16-23,25-31,43,46H,9-11H2,1-8H3/t12-,17+,18-,19-,20-,21+,22+,23-,25+,26-,27+,28-,29+,30-,31-,34-,35+,36-,37+,38-/m0/s1. The van der Waals surface area contributed by atoms with Gasteiger partial charge in [0.25, 0.3) is 0 Å². The van der Waals surface area contributed by atoms with Crippen molar-refractivity contribution in [2.45, 2.75) is 135 Å². The second kappa shape index (κ2) is 10.6. The molecule has 9 rings (SSSR count). The van der Waals surface area contributed by atoms with Crippen molar-refractivity contribution >= 4 is 35.6 Å². The highest BCUT2D eigenvalue weighted by atomic mass is 16.8. The molecule has 53 heavy (non-hydrogen) atoms. The maximum atomic E-state index is 14.7. The summed E-state index contributed by atoms with van der Waals surface area (Å²) in [6.07, 6.45) is -6.68. The molecule has 3 heterocycles. The lowest BCUT2D eigenvalue weighted by molar-refractivity contribution is -0.273. The van der Waals surface area contributed by atoms with Gasteiger partial charge in [0, 0.05) is 61.2 Å². The zero-order valence-electron chi connectivity index (χ0n) is 31.1. The smallest absolute Gasteiger partial charge is 0.341 e. The molecule has 0 amide bonds. The van der Waals surface area contributed by atoms with Gasteiger partial charge in [-0.2, -0.15) is 0 Å². The molecule has 9 aliphatic rings. The monoisotopic (exact) mass is 744 g/mol. The summed E-state index contributed by atoms with van der Waals surface area (Å²) in [6.45, 7) is 12.2. The normalized spacial score (nSPS) is 56.4. The molecule has 9 fully saturated rings. The van der Waals surface area contributed by atoms with Crippen molar-refractivity contribution in [2.75, 3.05) is 0 Å². The Morgan fingerprint density at radius 1 is 0.792 bits per heavy atom. The molecule has 0 aromatic carbocycles. The van der Waals surface area contributed by atoms with Crippen LogP contribution in [0, 0.1) is 63.6 Å². The van der Waals surface area contributed by atoms with Crippen LogP contribution >= 0.6 is 0 Å². The average Bonchev–Trinajstić information content (AvgIpc) is 3.95. The molecule has 0 bridgehead atoms. The van der Waals surface area contributed by atoms with Crippen LogP contribution in [0.1, 0.15) is 74.7 Å². The van der Waals surface area contributed by atoms with Crippen LogP contribution in [0.3, 0.4) is 0 Å². The first kappa shape index (κ1) is 35.6. The lowest BCUT2D eigenvalue weighted by atomic mass is 9.41. The molecule has 3 aliphatic heterocycles. The SMILES string of the molecule is CC(=O)O[C@H]1[C@H]2[C@H]([C@@H]3[C@@H](OC(=O)C4CC4)[C@@H]4[C@H]([C@H](C)[C@H]5O[C@]56OC(=O)[C@@](C)(O)[C@]46C)[C@@]3(C)[C@H]1OC(C)=O)[C@@H](O)C(=O)[C@H]1C[C@@H]3O[C@@H]3[C@H](OC(C)=O)[C@]21C. The zero-order valence-corrected chi connectivity index (χ0v) is 31.1. The highest BCUT2D eigenvalue weighted by Gasteiger charge is 2.93. The number of fused-ring (bicyclic) bond motifs is 9. The van der Waals surface area contributed by atoms with Gasteiger partial charge >= 0.3 is 29.8 Å². The molecular formula is C38H48O15. The number of ether oxygens (including phenoxy) is 7. The van der Waals surface area contributed by atoms with Crippen LogP contribution in [0.25, 0.3) is 0 Å². The lowest BCUT2D eigenvalue weighted by Gasteiger charge is -2.65. The van der Waals surface area contributed by atoms with E-state index in [0.29, 0.717) is 12.8 Å². The maximum Gasteiger partial charge on any atom is 0.341 e. The maximum absolute atomic E-state index is 14.7. The third-order valence-electron chi connectivity index (χ3n) is 15.9. The average molecular weight is 745 g/mol. The second-order valence-corrected chi connectivity index (χ2v) is 18.2. The van der Waals surface area contributed by atoms with Crippen molar-refractivity contribution in [3.8, 4) is 0 Å². The molecule has 6 saturated carbocycles. The van der Waals surface area contributed by atoms with Crippen molar-refractivity contribution in [2.24, 2.45) is 63.6 Å². The van der Waals surface area contributed by atoms with Crippen molar-refractivity contribution in [1.29, 1.82) is 0 Å². The van der Waals surface area contributed by atoms with E-state index in [1.54, 1.807) is 13.8 Å². The summed E-state index contributed by atoms with van der Waals surface area (Å²) in [5.74, 6) is -12.0. The predicted octanol–water partition coefficient (Wildman–Crippen LogP) is 1.01. The number of Topliss-reactive ketones (excluding diaryl/α,β-unsaturated/α-hetero) is 1. The quantitative estimate of drug-likeness (QED) is 0.228. The number of aliphatic hydroxyl groups is 2.